The first-order chi connectivity index (χ1) is 11.9. The summed E-state index contributed by atoms with van der Waals surface area (Å²) in [5, 5.41) is 1.30. The lowest BCUT2D eigenvalue weighted by Gasteiger charge is -2.28. The van der Waals surface area contributed by atoms with Crippen molar-refractivity contribution in [3.8, 4) is 0 Å². The number of rotatable bonds is 6. The fraction of sp³-hybridized carbons (Fsp3) is 0.579. The van der Waals surface area contributed by atoms with E-state index in [4.69, 9.17) is 0 Å². The van der Waals surface area contributed by atoms with Crippen LogP contribution in [0.2, 0.25) is 0 Å². The predicted molar refractivity (Wildman–Crippen MR) is 104 cm³/mol. The van der Waals surface area contributed by atoms with E-state index < -0.39 is 10.0 Å². The average molecular weight is 364 g/mol. The van der Waals surface area contributed by atoms with E-state index in [1.165, 1.54) is 36.4 Å². The molecular weight excluding hydrogens is 334 g/mol. The van der Waals surface area contributed by atoms with E-state index in [0.29, 0.717) is 12.3 Å². The van der Waals surface area contributed by atoms with Gasteiger partial charge in [-0.2, -0.15) is 0 Å². The number of sulfonamides is 1. The van der Waals surface area contributed by atoms with E-state index in [1.54, 1.807) is 0 Å². The van der Waals surface area contributed by atoms with E-state index in [0.717, 1.165) is 25.2 Å². The number of aromatic nitrogens is 1. The minimum absolute atomic E-state index is 0.132. The lowest BCUT2D eigenvalue weighted by molar-refractivity contribution is 0.256. The third-order valence-corrected chi connectivity index (χ3v) is 6.81. The van der Waals surface area contributed by atoms with E-state index in [9.17, 15) is 8.42 Å². The van der Waals surface area contributed by atoms with Crippen LogP contribution in [0.15, 0.2) is 24.4 Å². The number of fused-ring (bicyclic) bond motifs is 1. The SMILES string of the molecule is CCn1cc(C2CCN(C)CC2)c2cc(CCS(=O)(=O)NC)ccc21. The first kappa shape index (κ1) is 18.4. The maximum Gasteiger partial charge on any atom is 0.211 e. The van der Waals surface area contributed by atoms with Crippen molar-refractivity contribution in [2.75, 3.05) is 32.9 Å². The number of likely N-dealkylation sites (tertiary alicyclic amines) is 1. The second-order valence-corrected chi connectivity index (χ2v) is 9.12. The van der Waals surface area contributed by atoms with Crippen molar-refractivity contribution < 1.29 is 8.42 Å². The van der Waals surface area contributed by atoms with Gasteiger partial charge < -0.3 is 9.47 Å². The Labute approximate surface area is 151 Å². The summed E-state index contributed by atoms with van der Waals surface area (Å²) in [6, 6.07) is 6.43. The van der Waals surface area contributed by atoms with Crippen molar-refractivity contribution in [3.05, 3.63) is 35.5 Å². The highest BCUT2D eigenvalue weighted by molar-refractivity contribution is 7.89. The molecule has 0 saturated carbocycles. The van der Waals surface area contributed by atoms with Crippen molar-refractivity contribution >= 4 is 20.9 Å². The van der Waals surface area contributed by atoms with E-state index in [2.05, 4.69) is 52.6 Å². The summed E-state index contributed by atoms with van der Waals surface area (Å²) in [5.74, 6) is 0.732. The van der Waals surface area contributed by atoms with Crippen LogP contribution < -0.4 is 4.72 Å². The molecule has 0 bridgehead atoms. The molecule has 3 rings (SSSR count). The van der Waals surface area contributed by atoms with Gasteiger partial charge in [-0.05, 0) is 82.5 Å². The summed E-state index contributed by atoms with van der Waals surface area (Å²) in [4.78, 5) is 2.39. The molecule has 0 aliphatic carbocycles. The monoisotopic (exact) mass is 363 g/mol. The van der Waals surface area contributed by atoms with Crippen LogP contribution in [-0.4, -0.2) is 50.8 Å². The van der Waals surface area contributed by atoms with Gasteiger partial charge in [-0.25, -0.2) is 13.1 Å². The Morgan fingerprint density at radius 2 is 1.96 bits per heavy atom. The Morgan fingerprint density at radius 3 is 2.60 bits per heavy atom. The normalized spacial score (nSPS) is 17.4. The van der Waals surface area contributed by atoms with E-state index >= 15 is 0 Å². The average Bonchev–Trinajstić information content (AvgIpc) is 2.99. The quantitative estimate of drug-likeness (QED) is 0.858. The Morgan fingerprint density at radius 1 is 1.24 bits per heavy atom. The highest BCUT2D eigenvalue weighted by Gasteiger charge is 2.22. The molecule has 1 aromatic heterocycles. The molecule has 138 valence electrons. The zero-order valence-corrected chi connectivity index (χ0v) is 16.3. The summed E-state index contributed by atoms with van der Waals surface area (Å²) >= 11 is 0. The molecule has 1 aliphatic heterocycles. The minimum atomic E-state index is -3.17. The van der Waals surface area contributed by atoms with Gasteiger partial charge in [-0.3, -0.25) is 0 Å². The summed E-state index contributed by atoms with van der Waals surface area (Å²) in [7, 11) is 0.489. The summed E-state index contributed by atoms with van der Waals surface area (Å²) in [5.41, 5.74) is 3.79. The molecule has 1 aliphatic rings. The van der Waals surface area contributed by atoms with Gasteiger partial charge in [-0.15, -0.1) is 0 Å². The van der Waals surface area contributed by atoms with Gasteiger partial charge in [0.15, 0.2) is 0 Å². The highest BCUT2D eigenvalue weighted by atomic mass is 32.2. The lowest BCUT2D eigenvalue weighted by Crippen LogP contribution is -2.29. The van der Waals surface area contributed by atoms with Gasteiger partial charge in [0.2, 0.25) is 10.0 Å². The van der Waals surface area contributed by atoms with Crippen LogP contribution in [0.4, 0.5) is 0 Å². The molecule has 1 saturated heterocycles. The van der Waals surface area contributed by atoms with Crippen LogP contribution in [0.25, 0.3) is 10.9 Å². The Balaban J connectivity index is 1.92. The number of aryl methyl sites for hydroxylation is 2. The van der Waals surface area contributed by atoms with Crippen molar-refractivity contribution in [2.45, 2.75) is 38.6 Å². The number of hydrogen-bond acceptors (Lipinski definition) is 3. The maximum atomic E-state index is 11.7. The van der Waals surface area contributed by atoms with Crippen molar-refractivity contribution in [3.63, 3.8) is 0 Å². The smallest absolute Gasteiger partial charge is 0.211 e. The Hall–Kier alpha value is -1.37. The van der Waals surface area contributed by atoms with Gasteiger partial charge in [0.1, 0.15) is 0 Å². The van der Waals surface area contributed by atoms with Gasteiger partial charge in [0, 0.05) is 23.6 Å². The Bertz CT molecular complexity index is 834. The highest BCUT2D eigenvalue weighted by Crippen LogP contribution is 2.34. The van der Waals surface area contributed by atoms with Crippen molar-refractivity contribution in [1.82, 2.24) is 14.2 Å². The van der Waals surface area contributed by atoms with E-state index in [-0.39, 0.29) is 5.75 Å². The third-order valence-electron chi connectivity index (χ3n) is 5.45. The standard InChI is InChI=1S/C19H29N3O2S/c1-4-22-14-18(16-7-10-21(3)11-8-16)17-13-15(5-6-19(17)22)9-12-25(23,24)20-2/h5-6,13-14,16,20H,4,7-12H2,1-3H3. The number of nitrogens with one attached hydrogen (secondary N) is 1. The molecule has 2 aromatic rings. The van der Waals surface area contributed by atoms with Crippen molar-refractivity contribution in [1.29, 1.82) is 0 Å². The van der Waals surface area contributed by atoms with Crippen LogP contribution in [0, 0.1) is 0 Å². The van der Waals surface area contributed by atoms with Crippen molar-refractivity contribution in [2.24, 2.45) is 0 Å². The molecule has 0 spiro atoms. The molecule has 6 heteroatoms. The molecule has 0 unspecified atom stereocenters. The second kappa shape index (κ2) is 7.48. The van der Waals surface area contributed by atoms with Crippen LogP contribution in [0.5, 0.6) is 0 Å². The summed E-state index contributed by atoms with van der Waals surface area (Å²) in [6.45, 7) is 5.41. The summed E-state index contributed by atoms with van der Waals surface area (Å²) in [6.07, 6.45) is 5.24. The van der Waals surface area contributed by atoms with Crippen LogP contribution in [-0.2, 0) is 23.0 Å². The topological polar surface area (TPSA) is 54.3 Å². The molecule has 1 N–H and O–H groups in total. The number of hydrogen-bond donors (Lipinski definition) is 1. The zero-order chi connectivity index (χ0) is 18.0. The third kappa shape index (κ3) is 4.07. The molecule has 5 nitrogen and oxygen atoms in total. The molecule has 1 fully saturated rings. The molecule has 0 amide bonds. The van der Waals surface area contributed by atoms with Gasteiger partial charge in [0.05, 0.1) is 5.75 Å². The fourth-order valence-electron chi connectivity index (χ4n) is 3.79. The number of benzene rings is 1. The maximum absolute atomic E-state index is 11.7. The fourth-order valence-corrected chi connectivity index (χ4v) is 4.50. The lowest BCUT2D eigenvalue weighted by atomic mass is 9.89. The molecule has 0 radical (unpaired) electrons. The minimum Gasteiger partial charge on any atom is -0.347 e. The largest absolute Gasteiger partial charge is 0.347 e. The van der Waals surface area contributed by atoms with Gasteiger partial charge in [-0.1, -0.05) is 6.07 Å². The van der Waals surface area contributed by atoms with Crippen LogP contribution >= 0.6 is 0 Å². The predicted octanol–water partition coefficient (Wildman–Crippen LogP) is 2.56. The van der Waals surface area contributed by atoms with Crippen LogP contribution in [0.1, 0.15) is 36.8 Å². The first-order valence-corrected chi connectivity index (χ1v) is 10.8. The number of piperidine rings is 1. The van der Waals surface area contributed by atoms with Gasteiger partial charge in [0.25, 0.3) is 0 Å². The second-order valence-electron chi connectivity index (χ2n) is 7.07. The van der Waals surface area contributed by atoms with Crippen LogP contribution in [0.3, 0.4) is 0 Å². The molecular formula is C19H29N3O2S. The zero-order valence-electron chi connectivity index (χ0n) is 15.5. The van der Waals surface area contributed by atoms with Gasteiger partial charge >= 0.3 is 0 Å². The molecule has 0 atom stereocenters. The van der Waals surface area contributed by atoms with E-state index in [1.807, 2.05) is 0 Å². The molecule has 25 heavy (non-hydrogen) atoms. The summed E-state index contributed by atoms with van der Waals surface area (Å²) < 4.78 is 28.1. The number of nitrogens with zero attached hydrogens (tertiary/aromatic N) is 2. The molecule has 1 aromatic carbocycles. The first-order valence-electron chi connectivity index (χ1n) is 9.15. The molecule has 2 heterocycles. The Kier molecular flexibility index (Phi) is 5.51.